The van der Waals surface area contributed by atoms with Crippen molar-refractivity contribution in [3.63, 3.8) is 0 Å². The van der Waals surface area contributed by atoms with E-state index in [4.69, 9.17) is 0 Å². The predicted octanol–water partition coefficient (Wildman–Crippen LogP) is -0.430. The molecule has 0 saturated carbocycles. The first-order valence-electron chi connectivity index (χ1n) is 7.73. The minimum atomic E-state index is -1.46. The Morgan fingerprint density at radius 3 is 1.96 bits per heavy atom. The fraction of sp³-hybridized carbons (Fsp3) is 0.100. The standard InChI is InChI=1S/C20H17NO3.Na/c1-2-21-16(14-9-5-3-6-10-14)13-17(22)18(20(23)24)19(21)15-11-7-4-8-12-15;/h3-13H,2H2,1H3,(H,23,24);/q;+1/p-1. The van der Waals surface area contributed by atoms with Gasteiger partial charge in [0.2, 0.25) is 0 Å². The van der Waals surface area contributed by atoms with E-state index >= 15 is 0 Å². The van der Waals surface area contributed by atoms with E-state index in [1.807, 2.05) is 60.0 Å². The zero-order valence-corrected chi connectivity index (χ0v) is 16.2. The number of aromatic carboxylic acids is 1. The van der Waals surface area contributed by atoms with E-state index in [0.717, 1.165) is 5.56 Å². The molecule has 0 aliphatic heterocycles. The molecular formula is C20H16NNaO3. The van der Waals surface area contributed by atoms with Gasteiger partial charge in [-0.2, -0.15) is 0 Å². The number of hydrogen-bond donors (Lipinski definition) is 0. The van der Waals surface area contributed by atoms with Crippen LogP contribution >= 0.6 is 0 Å². The molecule has 1 aromatic heterocycles. The first-order valence-corrected chi connectivity index (χ1v) is 7.73. The minimum Gasteiger partial charge on any atom is -0.545 e. The van der Waals surface area contributed by atoms with Crippen LogP contribution in [0.25, 0.3) is 22.5 Å². The maximum absolute atomic E-state index is 12.5. The normalized spacial score (nSPS) is 10.1. The molecule has 0 aliphatic rings. The van der Waals surface area contributed by atoms with Gasteiger partial charge in [-0.3, -0.25) is 4.79 Å². The fourth-order valence-electron chi connectivity index (χ4n) is 2.92. The van der Waals surface area contributed by atoms with Crippen molar-refractivity contribution in [3.8, 4) is 22.5 Å². The molecule has 0 saturated heterocycles. The summed E-state index contributed by atoms with van der Waals surface area (Å²) >= 11 is 0. The molecular weight excluding hydrogens is 325 g/mol. The first kappa shape index (κ1) is 19.2. The van der Waals surface area contributed by atoms with Crippen molar-refractivity contribution in [2.24, 2.45) is 0 Å². The Hall–Kier alpha value is -2.14. The van der Waals surface area contributed by atoms with E-state index in [1.54, 1.807) is 12.1 Å². The van der Waals surface area contributed by atoms with Crippen LogP contribution in [0.5, 0.6) is 0 Å². The number of rotatable bonds is 4. The quantitative estimate of drug-likeness (QED) is 0.605. The van der Waals surface area contributed by atoms with Gasteiger partial charge in [-0.05, 0) is 18.1 Å². The summed E-state index contributed by atoms with van der Waals surface area (Å²) in [4.78, 5) is 24.1. The Bertz CT molecular complexity index is 934. The topological polar surface area (TPSA) is 62.1 Å². The van der Waals surface area contributed by atoms with Gasteiger partial charge in [0.15, 0.2) is 5.43 Å². The summed E-state index contributed by atoms with van der Waals surface area (Å²) < 4.78 is 1.84. The summed E-state index contributed by atoms with van der Waals surface area (Å²) in [6.07, 6.45) is 0. The molecule has 0 radical (unpaired) electrons. The summed E-state index contributed by atoms with van der Waals surface area (Å²) in [5.41, 5.74) is 1.75. The van der Waals surface area contributed by atoms with E-state index in [2.05, 4.69) is 0 Å². The average molecular weight is 341 g/mol. The summed E-state index contributed by atoms with van der Waals surface area (Å²) in [7, 11) is 0. The molecule has 3 rings (SSSR count). The van der Waals surface area contributed by atoms with Crippen LogP contribution in [0.1, 0.15) is 17.3 Å². The number of aromatic nitrogens is 1. The van der Waals surface area contributed by atoms with Crippen molar-refractivity contribution in [2.45, 2.75) is 13.5 Å². The molecule has 0 fully saturated rings. The van der Waals surface area contributed by atoms with Crippen LogP contribution in [0.2, 0.25) is 0 Å². The van der Waals surface area contributed by atoms with Crippen molar-refractivity contribution in [3.05, 3.63) is 82.5 Å². The van der Waals surface area contributed by atoms with Gasteiger partial charge >= 0.3 is 29.6 Å². The largest absolute Gasteiger partial charge is 1.00 e. The fourth-order valence-corrected chi connectivity index (χ4v) is 2.92. The summed E-state index contributed by atoms with van der Waals surface area (Å²) in [6.45, 7) is 2.44. The van der Waals surface area contributed by atoms with Gasteiger partial charge in [0.25, 0.3) is 0 Å². The Kier molecular flexibility index (Phi) is 6.37. The third kappa shape index (κ3) is 3.76. The number of hydrogen-bond acceptors (Lipinski definition) is 3. The molecule has 120 valence electrons. The van der Waals surface area contributed by atoms with Crippen molar-refractivity contribution in [1.82, 2.24) is 4.57 Å². The Labute approximate surface area is 168 Å². The average Bonchev–Trinajstić information content (AvgIpc) is 2.62. The van der Waals surface area contributed by atoms with E-state index in [1.165, 1.54) is 6.07 Å². The van der Waals surface area contributed by atoms with Gasteiger partial charge in [-0.25, -0.2) is 0 Å². The summed E-state index contributed by atoms with van der Waals surface area (Å²) in [6, 6.07) is 19.9. The van der Waals surface area contributed by atoms with Gasteiger partial charge in [0.1, 0.15) is 0 Å². The zero-order valence-electron chi connectivity index (χ0n) is 14.2. The second-order valence-electron chi connectivity index (χ2n) is 5.38. The number of carboxylic acids is 1. The molecule has 3 aromatic rings. The van der Waals surface area contributed by atoms with Crippen LogP contribution in [-0.4, -0.2) is 10.5 Å². The number of pyridine rings is 1. The Morgan fingerprint density at radius 2 is 1.48 bits per heavy atom. The van der Waals surface area contributed by atoms with E-state index in [-0.39, 0.29) is 35.1 Å². The second kappa shape index (κ2) is 8.30. The number of benzene rings is 2. The molecule has 5 heteroatoms. The zero-order chi connectivity index (χ0) is 17.1. The third-order valence-electron chi connectivity index (χ3n) is 3.95. The van der Waals surface area contributed by atoms with E-state index in [0.29, 0.717) is 23.5 Å². The summed E-state index contributed by atoms with van der Waals surface area (Å²) in [5.74, 6) is -1.46. The minimum absolute atomic E-state index is 0. The van der Waals surface area contributed by atoms with Crippen LogP contribution in [0.4, 0.5) is 0 Å². The Balaban J connectivity index is 0.00000225. The van der Waals surface area contributed by atoms with Crippen LogP contribution in [-0.2, 0) is 6.54 Å². The van der Waals surface area contributed by atoms with Gasteiger partial charge in [-0.1, -0.05) is 60.7 Å². The van der Waals surface area contributed by atoms with Crippen molar-refractivity contribution in [1.29, 1.82) is 0 Å². The van der Waals surface area contributed by atoms with Gasteiger partial charge in [0.05, 0.1) is 22.9 Å². The first-order chi connectivity index (χ1) is 11.6. The smallest absolute Gasteiger partial charge is 0.545 e. The molecule has 2 aromatic carbocycles. The van der Waals surface area contributed by atoms with Crippen LogP contribution in [0.15, 0.2) is 71.5 Å². The van der Waals surface area contributed by atoms with Crippen molar-refractivity contribution >= 4 is 5.97 Å². The molecule has 0 atom stereocenters. The maximum atomic E-state index is 12.5. The molecule has 0 aliphatic carbocycles. The van der Waals surface area contributed by atoms with E-state index in [9.17, 15) is 14.7 Å². The van der Waals surface area contributed by atoms with Crippen LogP contribution in [0, 0.1) is 0 Å². The predicted molar refractivity (Wildman–Crippen MR) is 91.6 cm³/mol. The van der Waals surface area contributed by atoms with Crippen molar-refractivity contribution in [2.75, 3.05) is 0 Å². The number of carbonyl (C=O) groups excluding carboxylic acids is 1. The third-order valence-corrected chi connectivity index (χ3v) is 3.95. The monoisotopic (exact) mass is 341 g/mol. The summed E-state index contributed by atoms with van der Waals surface area (Å²) in [5, 5.41) is 11.6. The molecule has 0 unspecified atom stereocenters. The molecule has 0 N–H and O–H groups in total. The maximum Gasteiger partial charge on any atom is 1.00 e. The number of carbonyl (C=O) groups is 1. The van der Waals surface area contributed by atoms with Gasteiger partial charge in [-0.15, -0.1) is 0 Å². The molecule has 25 heavy (non-hydrogen) atoms. The van der Waals surface area contributed by atoms with E-state index < -0.39 is 11.4 Å². The van der Waals surface area contributed by atoms with Gasteiger partial charge in [0, 0.05) is 12.6 Å². The molecule has 0 spiro atoms. The number of nitrogens with zero attached hydrogens (tertiary/aromatic N) is 1. The SMILES string of the molecule is CCn1c(-c2ccccc2)cc(=O)c(C(=O)[O-])c1-c1ccccc1.[Na+]. The second-order valence-corrected chi connectivity index (χ2v) is 5.38. The van der Waals surface area contributed by atoms with Gasteiger partial charge < -0.3 is 14.5 Å². The van der Waals surface area contributed by atoms with Crippen LogP contribution in [0.3, 0.4) is 0 Å². The molecule has 4 nitrogen and oxygen atoms in total. The molecule has 0 bridgehead atoms. The number of carboxylic acid groups (broad SMARTS) is 1. The van der Waals surface area contributed by atoms with Crippen molar-refractivity contribution < 1.29 is 39.5 Å². The Morgan fingerprint density at radius 1 is 0.960 bits per heavy atom. The molecule has 0 amide bonds. The molecule has 1 heterocycles. The van der Waals surface area contributed by atoms with Crippen LogP contribution < -0.4 is 40.1 Å².